The second-order valence-corrected chi connectivity index (χ2v) is 10.7. The lowest BCUT2D eigenvalue weighted by Gasteiger charge is -2.50. The summed E-state index contributed by atoms with van der Waals surface area (Å²) in [5.74, 6) is -6.64. The Morgan fingerprint density at radius 2 is 1.82 bits per heavy atom. The molecular weight excluding hydrogens is 500 g/mol. The highest BCUT2D eigenvalue weighted by molar-refractivity contribution is 6.24. The molecule has 39 heavy (non-hydrogen) atoms. The van der Waals surface area contributed by atoms with Gasteiger partial charge in [0.25, 0.3) is 5.91 Å². The molecule has 1 amide bonds. The summed E-state index contributed by atoms with van der Waals surface area (Å²) < 4.78 is 0. The molecule has 4 atom stereocenters. The number of likely N-dealkylation sites (N-methyl/N-ethyl adjacent to an activating group) is 1. The van der Waals surface area contributed by atoms with E-state index in [0.29, 0.717) is 11.1 Å². The molecule has 2 aromatic carbocycles. The van der Waals surface area contributed by atoms with Crippen LogP contribution in [0.4, 0.5) is 0 Å². The van der Waals surface area contributed by atoms with E-state index in [9.17, 15) is 34.8 Å². The number of fused-ring (bicyclic) bond motifs is 3. The van der Waals surface area contributed by atoms with E-state index >= 15 is 0 Å². The molecule has 0 radical (unpaired) electrons. The number of Topliss-reactive ketones (excluding diaryl/α,β-unsaturated/α-hetero) is 2. The third-order valence-corrected chi connectivity index (χ3v) is 8.14. The van der Waals surface area contributed by atoms with Crippen LogP contribution in [0.3, 0.4) is 0 Å². The third kappa shape index (κ3) is 3.88. The third-order valence-electron chi connectivity index (χ3n) is 8.14. The highest BCUT2D eigenvalue weighted by atomic mass is 16.3. The van der Waals surface area contributed by atoms with Crippen molar-refractivity contribution >= 4 is 29.6 Å². The molecule has 0 spiro atoms. The standard InChI is InChI=1S/C30H30N2O7/c1-14-5-4-6-15(11-14)7-8-16-9-10-20(33)22-18(16)12-17-13-19-24(32(2)3)26(35)23(29(31)38)28(37)30(19,39)27(36)21(17)25(22)34/h4-11,17,19,24,33,35-36,39H,12-13H2,1-3H3,(H2,31,38)/b8-7+/t17-,19-,24-,30-/m0/s1. The SMILES string of the molecule is Cc1cccc(/C=C/c2ccc(O)c3c2C[C@H]2C[C@H]4[C@H](N(C)C)C(O)=C(C(N)=O)C(=O)[C@@]4(O)C(O)=C2C3=O)c1. The minimum Gasteiger partial charge on any atom is -0.510 e. The van der Waals surface area contributed by atoms with Gasteiger partial charge in [-0.1, -0.05) is 48.0 Å². The van der Waals surface area contributed by atoms with Gasteiger partial charge in [0.05, 0.1) is 11.6 Å². The maximum Gasteiger partial charge on any atom is 0.255 e. The average Bonchev–Trinajstić information content (AvgIpc) is 2.85. The van der Waals surface area contributed by atoms with Gasteiger partial charge in [-0.05, 0) is 62.5 Å². The van der Waals surface area contributed by atoms with E-state index in [1.165, 1.54) is 11.0 Å². The Hall–Kier alpha value is -4.21. The molecule has 0 fully saturated rings. The first-order chi connectivity index (χ1) is 18.4. The fourth-order valence-corrected chi connectivity index (χ4v) is 6.39. The van der Waals surface area contributed by atoms with Crippen LogP contribution in [0.2, 0.25) is 0 Å². The lowest BCUT2D eigenvalue weighted by atomic mass is 9.58. The van der Waals surface area contributed by atoms with E-state index in [4.69, 9.17) is 5.73 Å². The quantitative estimate of drug-likeness (QED) is 0.298. The van der Waals surface area contributed by atoms with Crippen molar-refractivity contribution < 1.29 is 34.8 Å². The summed E-state index contributed by atoms with van der Waals surface area (Å²) in [6, 6.07) is 9.96. The molecule has 3 aliphatic rings. The second kappa shape index (κ2) is 9.21. The summed E-state index contributed by atoms with van der Waals surface area (Å²) in [4.78, 5) is 40.8. The van der Waals surface area contributed by atoms with Gasteiger partial charge in [-0.15, -0.1) is 0 Å². The predicted octanol–water partition coefficient (Wildman–Crippen LogP) is 2.60. The predicted molar refractivity (Wildman–Crippen MR) is 144 cm³/mol. The van der Waals surface area contributed by atoms with E-state index in [1.807, 2.05) is 43.3 Å². The molecule has 2 aromatic rings. The molecular formula is C30H30N2O7. The molecule has 0 aliphatic heterocycles. The van der Waals surface area contributed by atoms with E-state index in [1.54, 1.807) is 20.2 Å². The lowest BCUT2D eigenvalue weighted by Crippen LogP contribution is -2.63. The number of rotatable bonds is 4. The number of phenolic OH excluding ortho intramolecular Hbond substituents is 1. The van der Waals surface area contributed by atoms with Gasteiger partial charge < -0.3 is 26.2 Å². The van der Waals surface area contributed by atoms with Gasteiger partial charge >= 0.3 is 0 Å². The number of primary amides is 1. The summed E-state index contributed by atoms with van der Waals surface area (Å²) in [5, 5.41) is 44.6. The van der Waals surface area contributed by atoms with Crippen LogP contribution in [0.5, 0.6) is 5.75 Å². The zero-order valence-electron chi connectivity index (χ0n) is 21.8. The molecule has 0 saturated carbocycles. The molecule has 3 aliphatic carbocycles. The highest BCUT2D eigenvalue weighted by Gasteiger charge is 2.63. The number of hydrogen-bond acceptors (Lipinski definition) is 8. The van der Waals surface area contributed by atoms with Gasteiger partial charge in [-0.2, -0.15) is 0 Å². The number of phenols is 1. The summed E-state index contributed by atoms with van der Waals surface area (Å²) in [5.41, 5.74) is 5.04. The Morgan fingerprint density at radius 1 is 1.10 bits per heavy atom. The Labute approximate surface area is 225 Å². The first-order valence-corrected chi connectivity index (χ1v) is 12.6. The van der Waals surface area contributed by atoms with Crippen molar-refractivity contribution in [1.29, 1.82) is 0 Å². The number of allylic oxidation sites excluding steroid dienone is 1. The number of ketones is 2. The number of nitrogens with zero attached hydrogens (tertiary/aromatic N) is 1. The number of aromatic hydroxyl groups is 1. The molecule has 9 heteroatoms. The van der Waals surface area contributed by atoms with Crippen LogP contribution in [0.15, 0.2) is 59.1 Å². The first kappa shape index (κ1) is 26.4. The van der Waals surface area contributed by atoms with Gasteiger partial charge in [-0.3, -0.25) is 19.3 Å². The first-order valence-electron chi connectivity index (χ1n) is 12.6. The molecule has 202 valence electrons. The maximum atomic E-state index is 13.8. The fraction of sp³-hybridized carbons (Fsp3) is 0.300. The number of benzene rings is 2. The van der Waals surface area contributed by atoms with Crippen LogP contribution in [0, 0.1) is 18.8 Å². The highest BCUT2D eigenvalue weighted by Crippen LogP contribution is 2.52. The van der Waals surface area contributed by atoms with E-state index in [0.717, 1.165) is 11.1 Å². The molecule has 0 bridgehead atoms. The lowest BCUT2D eigenvalue weighted by molar-refractivity contribution is -0.148. The zero-order valence-corrected chi connectivity index (χ0v) is 21.8. The van der Waals surface area contributed by atoms with Crippen LogP contribution in [-0.2, 0) is 16.0 Å². The Kier molecular flexibility index (Phi) is 6.24. The molecule has 0 saturated heterocycles. The average molecular weight is 531 g/mol. The minimum atomic E-state index is -2.65. The van der Waals surface area contributed by atoms with E-state index in [2.05, 4.69) is 0 Å². The Balaban J connectivity index is 1.65. The topological polar surface area (TPSA) is 161 Å². The van der Waals surface area contributed by atoms with Crippen LogP contribution in [0.25, 0.3) is 12.2 Å². The van der Waals surface area contributed by atoms with Crippen molar-refractivity contribution in [1.82, 2.24) is 4.90 Å². The smallest absolute Gasteiger partial charge is 0.255 e. The summed E-state index contributed by atoms with van der Waals surface area (Å²) in [6.45, 7) is 1.99. The number of aryl methyl sites for hydroxylation is 1. The van der Waals surface area contributed by atoms with Crippen LogP contribution >= 0.6 is 0 Å². The fourth-order valence-electron chi connectivity index (χ4n) is 6.39. The van der Waals surface area contributed by atoms with Crippen molar-refractivity contribution in [2.45, 2.75) is 31.4 Å². The summed E-state index contributed by atoms with van der Waals surface area (Å²) in [7, 11) is 3.19. The van der Waals surface area contributed by atoms with Gasteiger partial charge in [-0.25, -0.2) is 0 Å². The van der Waals surface area contributed by atoms with Gasteiger partial charge in [0, 0.05) is 11.5 Å². The molecule has 0 unspecified atom stereocenters. The van der Waals surface area contributed by atoms with Crippen molar-refractivity contribution in [3.8, 4) is 5.75 Å². The Bertz CT molecular complexity index is 1530. The van der Waals surface area contributed by atoms with Crippen LogP contribution in [-0.4, -0.2) is 68.5 Å². The molecule has 6 N–H and O–H groups in total. The van der Waals surface area contributed by atoms with Gasteiger partial charge in [0.15, 0.2) is 11.4 Å². The maximum absolute atomic E-state index is 13.8. The molecule has 5 rings (SSSR count). The molecule has 0 heterocycles. The number of amides is 1. The number of aliphatic hydroxyl groups excluding tert-OH is 2. The van der Waals surface area contributed by atoms with Crippen molar-refractivity contribution in [2.24, 2.45) is 17.6 Å². The summed E-state index contributed by atoms with van der Waals surface area (Å²) >= 11 is 0. The van der Waals surface area contributed by atoms with Gasteiger partial charge in [0.2, 0.25) is 5.78 Å². The molecule has 0 aromatic heterocycles. The van der Waals surface area contributed by atoms with Crippen molar-refractivity contribution in [2.75, 3.05) is 14.1 Å². The van der Waals surface area contributed by atoms with Gasteiger partial charge in [0.1, 0.15) is 22.8 Å². The minimum absolute atomic E-state index is 0.0119. The number of carbonyl (C=O) groups excluding carboxylic acids is 3. The van der Waals surface area contributed by atoms with Crippen LogP contribution in [0.1, 0.15) is 39.0 Å². The molecule has 9 nitrogen and oxygen atoms in total. The van der Waals surface area contributed by atoms with Crippen molar-refractivity contribution in [3.63, 3.8) is 0 Å². The normalized spacial score (nSPS) is 26.6. The largest absolute Gasteiger partial charge is 0.510 e. The number of nitrogens with two attached hydrogens (primary N) is 1. The number of aliphatic hydroxyl groups is 3. The van der Waals surface area contributed by atoms with E-state index in [-0.39, 0.29) is 29.7 Å². The zero-order chi connectivity index (χ0) is 28.4. The van der Waals surface area contributed by atoms with E-state index < -0.39 is 58.0 Å². The van der Waals surface area contributed by atoms with Crippen molar-refractivity contribution in [3.05, 3.63) is 86.9 Å². The monoisotopic (exact) mass is 530 g/mol. The van der Waals surface area contributed by atoms with Crippen LogP contribution < -0.4 is 5.73 Å². The second-order valence-electron chi connectivity index (χ2n) is 10.7. The Morgan fingerprint density at radius 3 is 2.46 bits per heavy atom. The summed E-state index contributed by atoms with van der Waals surface area (Å²) in [6.07, 6.45) is 4.04. The number of hydrogen-bond donors (Lipinski definition) is 5. The number of carbonyl (C=O) groups is 3.